The van der Waals surface area contributed by atoms with Gasteiger partial charge in [0, 0.05) is 46.5 Å². The van der Waals surface area contributed by atoms with Crippen LogP contribution in [0.1, 0.15) is 29.7 Å². The molecule has 1 fully saturated rings. The molecule has 39 heavy (non-hydrogen) atoms. The molecule has 6 rings (SSSR count). The molecule has 1 aliphatic heterocycles. The first-order valence-electron chi connectivity index (χ1n) is 12.2. The Hall–Kier alpha value is -4.44. The Labute approximate surface area is 226 Å². The lowest BCUT2D eigenvalue weighted by Gasteiger charge is -2.16. The van der Waals surface area contributed by atoms with Gasteiger partial charge in [0.25, 0.3) is 5.24 Å². The number of hydrogen-bond acceptors (Lipinski definition) is 5. The third-order valence-electron chi connectivity index (χ3n) is 6.80. The third-order valence-corrected chi connectivity index (χ3v) is 7.78. The van der Waals surface area contributed by atoms with E-state index in [1.165, 1.54) is 24.3 Å². The summed E-state index contributed by atoms with van der Waals surface area (Å²) in [5, 5.41) is 1.74. The van der Waals surface area contributed by atoms with E-state index in [0.29, 0.717) is 22.3 Å². The van der Waals surface area contributed by atoms with Crippen LogP contribution >= 0.6 is 11.8 Å². The van der Waals surface area contributed by atoms with Crippen LogP contribution in [-0.4, -0.2) is 31.3 Å². The molecule has 3 aromatic carbocycles. The number of aromatic nitrogens is 3. The fraction of sp³-hybridized carbons (Fsp3) is 0.138. The number of amides is 2. The highest BCUT2D eigenvalue weighted by atomic mass is 32.2. The van der Waals surface area contributed by atoms with Gasteiger partial charge in [-0.15, -0.1) is 0 Å². The van der Waals surface area contributed by atoms with Crippen LogP contribution < -0.4 is 10.1 Å². The number of ether oxygens (including phenoxy) is 1. The summed E-state index contributed by atoms with van der Waals surface area (Å²) in [6, 6.07) is 17.0. The molecule has 2 unspecified atom stereocenters. The second-order valence-corrected chi connectivity index (χ2v) is 10.4. The lowest BCUT2D eigenvalue weighted by molar-refractivity contribution is -0.118. The van der Waals surface area contributed by atoms with E-state index in [4.69, 9.17) is 4.74 Å². The van der Waals surface area contributed by atoms with Crippen LogP contribution in [-0.2, 0) is 11.2 Å². The zero-order valence-corrected chi connectivity index (χ0v) is 21.4. The second kappa shape index (κ2) is 10.0. The molecule has 196 valence electrons. The van der Waals surface area contributed by atoms with Crippen molar-refractivity contribution in [2.24, 2.45) is 0 Å². The van der Waals surface area contributed by atoms with Gasteiger partial charge in [-0.05, 0) is 36.2 Å². The number of benzene rings is 3. The number of imide groups is 1. The largest absolute Gasteiger partial charge is 0.454 e. The van der Waals surface area contributed by atoms with Crippen molar-refractivity contribution in [3.05, 3.63) is 102 Å². The first-order chi connectivity index (χ1) is 18.9. The minimum absolute atomic E-state index is 0.0113. The number of fused-ring (bicyclic) bond motifs is 1. The van der Waals surface area contributed by atoms with E-state index in [0.717, 1.165) is 23.0 Å². The van der Waals surface area contributed by atoms with Crippen molar-refractivity contribution in [2.75, 3.05) is 0 Å². The van der Waals surface area contributed by atoms with Gasteiger partial charge in [-0.25, -0.2) is 13.8 Å². The van der Waals surface area contributed by atoms with E-state index in [1.807, 2.05) is 37.3 Å². The van der Waals surface area contributed by atoms with Gasteiger partial charge in [-0.2, -0.15) is 0 Å². The first-order valence-corrected chi connectivity index (χ1v) is 13.1. The molecule has 2 amide bonds. The van der Waals surface area contributed by atoms with Gasteiger partial charge in [-0.1, -0.05) is 49.0 Å². The molecular weight excluding hydrogens is 522 g/mol. The van der Waals surface area contributed by atoms with Crippen LogP contribution in [0.3, 0.4) is 0 Å². The van der Waals surface area contributed by atoms with Gasteiger partial charge < -0.3 is 14.7 Å². The number of H-pyrrole nitrogens is 2. The predicted octanol–water partition coefficient (Wildman–Crippen LogP) is 6.67. The molecule has 1 aliphatic rings. The molecule has 2 atom stereocenters. The number of rotatable bonds is 7. The lowest BCUT2D eigenvalue weighted by Crippen LogP contribution is -2.25. The van der Waals surface area contributed by atoms with E-state index in [1.54, 1.807) is 18.5 Å². The minimum Gasteiger partial charge on any atom is -0.454 e. The van der Waals surface area contributed by atoms with Crippen molar-refractivity contribution in [3.8, 4) is 22.9 Å². The zero-order chi connectivity index (χ0) is 27.1. The molecule has 10 heteroatoms. The Morgan fingerprint density at radius 2 is 1.87 bits per heavy atom. The average molecular weight is 545 g/mol. The summed E-state index contributed by atoms with van der Waals surface area (Å²) >= 11 is 0.855. The Morgan fingerprint density at radius 3 is 2.64 bits per heavy atom. The van der Waals surface area contributed by atoms with E-state index in [-0.39, 0.29) is 29.4 Å². The molecule has 2 aromatic heterocycles. The Balaban J connectivity index is 1.34. The van der Waals surface area contributed by atoms with Crippen LogP contribution in [0, 0.1) is 11.6 Å². The number of thioether (sulfide) groups is 1. The Morgan fingerprint density at radius 1 is 1.05 bits per heavy atom. The zero-order valence-electron chi connectivity index (χ0n) is 20.6. The summed E-state index contributed by atoms with van der Waals surface area (Å²) in [5.41, 5.74) is 3.02. The van der Waals surface area contributed by atoms with Gasteiger partial charge in [0.2, 0.25) is 5.91 Å². The summed E-state index contributed by atoms with van der Waals surface area (Å²) < 4.78 is 36.3. The quantitative estimate of drug-likeness (QED) is 0.212. The van der Waals surface area contributed by atoms with E-state index < -0.39 is 28.0 Å². The minimum atomic E-state index is -0.725. The van der Waals surface area contributed by atoms with Crippen molar-refractivity contribution in [1.29, 1.82) is 0 Å². The molecule has 7 nitrogen and oxygen atoms in total. The van der Waals surface area contributed by atoms with E-state index in [2.05, 4.69) is 20.3 Å². The van der Waals surface area contributed by atoms with Crippen molar-refractivity contribution in [3.63, 3.8) is 0 Å². The molecule has 0 saturated carbocycles. The summed E-state index contributed by atoms with van der Waals surface area (Å²) in [5.74, 6) is -1.19. The average Bonchev–Trinajstić information content (AvgIpc) is 3.67. The Kier molecular flexibility index (Phi) is 6.40. The number of aromatic amines is 2. The maximum absolute atomic E-state index is 15.3. The van der Waals surface area contributed by atoms with Crippen LogP contribution in [0.5, 0.6) is 11.5 Å². The molecule has 0 aliphatic carbocycles. The van der Waals surface area contributed by atoms with Crippen LogP contribution in [0.4, 0.5) is 13.6 Å². The highest BCUT2D eigenvalue weighted by Gasteiger charge is 2.33. The molecule has 0 spiro atoms. The summed E-state index contributed by atoms with van der Waals surface area (Å²) in [7, 11) is 0. The predicted molar refractivity (Wildman–Crippen MR) is 145 cm³/mol. The number of carbonyl (C=O) groups is 2. The number of nitrogens with one attached hydrogen (secondary N) is 3. The molecule has 0 radical (unpaired) electrons. The van der Waals surface area contributed by atoms with E-state index in [9.17, 15) is 14.0 Å². The van der Waals surface area contributed by atoms with E-state index >= 15 is 4.39 Å². The number of hydrogen-bond donors (Lipinski definition) is 3. The van der Waals surface area contributed by atoms with Crippen molar-refractivity contribution in [2.45, 2.75) is 24.5 Å². The Bertz CT molecular complexity index is 1720. The molecule has 1 saturated heterocycles. The summed E-state index contributed by atoms with van der Waals surface area (Å²) in [6.45, 7) is 2.03. The number of halogens is 2. The van der Waals surface area contributed by atoms with Crippen LogP contribution in [0.15, 0.2) is 73.1 Å². The normalized spacial score (nSPS) is 16.0. The van der Waals surface area contributed by atoms with Crippen LogP contribution in [0.2, 0.25) is 0 Å². The van der Waals surface area contributed by atoms with Crippen LogP contribution in [0.25, 0.3) is 22.3 Å². The van der Waals surface area contributed by atoms with Gasteiger partial charge in [0.05, 0.1) is 10.8 Å². The fourth-order valence-corrected chi connectivity index (χ4v) is 5.56. The molecule has 5 aromatic rings. The first kappa shape index (κ1) is 24.9. The van der Waals surface area contributed by atoms with Gasteiger partial charge >= 0.3 is 0 Å². The monoisotopic (exact) mass is 544 g/mol. The van der Waals surface area contributed by atoms with Crippen molar-refractivity contribution in [1.82, 2.24) is 20.3 Å². The van der Waals surface area contributed by atoms with Gasteiger partial charge in [0.1, 0.15) is 17.4 Å². The summed E-state index contributed by atoms with van der Waals surface area (Å²) in [4.78, 5) is 34.5. The lowest BCUT2D eigenvalue weighted by atomic mass is 9.99. The topological polar surface area (TPSA) is 99.9 Å². The maximum atomic E-state index is 15.3. The van der Waals surface area contributed by atoms with Gasteiger partial charge in [0.15, 0.2) is 11.6 Å². The van der Waals surface area contributed by atoms with Gasteiger partial charge in [-0.3, -0.25) is 14.9 Å². The summed E-state index contributed by atoms with van der Waals surface area (Å²) in [6.07, 6.45) is 3.39. The maximum Gasteiger partial charge on any atom is 0.286 e. The van der Waals surface area contributed by atoms with Crippen molar-refractivity contribution >= 4 is 33.8 Å². The molecule has 0 bridgehead atoms. The fourth-order valence-electron chi connectivity index (χ4n) is 4.73. The highest BCUT2D eigenvalue weighted by molar-refractivity contribution is 8.15. The SMILES string of the molecule is CC(c1ccccc1)c1cnc(-c2cc(Oc3c(F)cc4[nH]ccc4c3CC3SC(=O)NC3=O)ccc2F)[nH]1. The van der Waals surface area contributed by atoms with Crippen molar-refractivity contribution < 1.29 is 23.1 Å². The number of nitrogens with zero attached hydrogens (tertiary/aromatic N) is 1. The highest BCUT2D eigenvalue weighted by Crippen LogP contribution is 2.38. The molecule has 3 N–H and O–H groups in total. The number of carbonyl (C=O) groups excluding carboxylic acids is 2. The smallest absolute Gasteiger partial charge is 0.286 e. The standard InChI is InChI=1S/C29H22F2N4O3S/c1-15(16-5-3-2-4-6-16)24-14-33-27(34-24)20-11-17(7-8-21(20)30)38-26-19(12-25-28(36)35-29(37)39-25)18-9-10-32-23(18)13-22(26)31/h2-11,13-15,25,32H,12H2,1H3,(H,33,34)(H,35,36,37). The molecular formula is C29H22F2N4O3S. The second-order valence-electron chi connectivity index (χ2n) is 9.26. The number of imidazole rings is 1. The molecule has 3 heterocycles. The third kappa shape index (κ3) is 4.79.